The summed E-state index contributed by atoms with van der Waals surface area (Å²) in [4.78, 5) is 14.5. The lowest BCUT2D eigenvalue weighted by molar-refractivity contribution is -0.946. The molecule has 4 nitrogen and oxygen atoms in total. The molecule has 6 rings (SSSR count). The molecule has 6 heteroatoms. The van der Waals surface area contributed by atoms with Gasteiger partial charge >= 0.3 is 6.09 Å². The van der Waals surface area contributed by atoms with Crippen LogP contribution in [0.1, 0.15) is 68.4 Å². The fourth-order valence-corrected chi connectivity index (χ4v) is 6.76. The molecule has 0 spiro atoms. The average Bonchev–Trinajstić information content (AvgIpc) is 2.90. The highest BCUT2D eigenvalue weighted by molar-refractivity contribution is 5.87. The monoisotopic (exact) mass is 558 g/mol. The summed E-state index contributed by atoms with van der Waals surface area (Å²) in [5, 5.41) is 0. The Morgan fingerprint density at radius 2 is 1.72 bits per heavy atom. The highest BCUT2D eigenvalue weighted by Crippen LogP contribution is 2.38. The van der Waals surface area contributed by atoms with Gasteiger partial charge in [-0.3, -0.25) is 4.90 Å². The number of benzene rings is 2. The Hall–Kier alpha value is -1.92. The van der Waals surface area contributed by atoms with Crippen molar-refractivity contribution in [2.75, 3.05) is 38.1 Å². The number of ether oxygens (including phenoxy) is 1. The van der Waals surface area contributed by atoms with Crippen molar-refractivity contribution in [3.63, 3.8) is 0 Å². The summed E-state index contributed by atoms with van der Waals surface area (Å²) in [6.45, 7) is 4.38. The van der Waals surface area contributed by atoms with Gasteiger partial charge in [0.2, 0.25) is 0 Å². The van der Waals surface area contributed by atoms with Crippen molar-refractivity contribution in [3.05, 3.63) is 65.5 Å². The lowest BCUT2D eigenvalue weighted by atomic mass is 9.83. The summed E-state index contributed by atoms with van der Waals surface area (Å²) in [5.41, 5.74) is 2.48. The molecule has 1 aliphatic carbocycles. The summed E-state index contributed by atoms with van der Waals surface area (Å²) in [6, 6.07) is 16.2. The number of hydrogen-bond donors (Lipinski definition) is 0. The van der Waals surface area contributed by atoms with E-state index in [1.165, 1.54) is 30.0 Å². The third-order valence-electron chi connectivity index (χ3n) is 8.92. The van der Waals surface area contributed by atoms with E-state index in [9.17, 15) is 4.79 Å². The van der Waals surface area contributed by atoms with Crippen LogP contribution >= 0.6 is 0 Å². The van der Waals surface area contributed by atoms with E-state index in [0.717, 1.165) is 74.5 Å². The number of carbonyl (C=O) groups is 1. The van der Waals surface area contributed by atoms with Crippen molar-refractivity contribution in [3.8, 4) is 0 Å². The smallest absolute Gasteiger partial charge is 0.414 e. The fourth-order valence-electron chi connectivity index (χ4n) is 6.76. The Labute approximate surface area is 226 Å². The van der Waals surface area contributed by atoms with Crippen molar-refractivity contribution in [2.24, 2.45) is 5.92 Å². The van der Waals surface area contributed by atoms with Gasteiger partial charge in [0.05, 0.1) is 25.3 Å². The Kier molecular flexibility index (Phi) is 9.10. The first-order chi connectivity index (χ1) is 17.0. The molecule has 0 aromatic heterocycles. The van der Waals surface area contributed by atoms with E-state index in [0.29, 0.717) is 11.6 Å². The Morgan fingerprint density at radius 1 is 1.00 bits per heavy atom. The predicted octanol–water partition coefficient (Wildman–Crippen LogP) is 3.69. The van der Waals surface area contributed by atoms with Crippen LogP contribution in [-0.2, 0) is 11.2 Å². The van der Waals surface area contributed by atoms with E-state index in [1.807, 2.05) is 12.1 Å². The summed E-state index contributed by atoms with van der Waals surface area (Å²) in [7, 11) is 1.65. The van der Waals surface area contributed by atoms with Gasteiger partial charge in [-0.1, -0.05) is 61.7 Å². The van der Waals surface area contributed by atoms with Gasteiger partial charge in [0.15, 0.2) is 6.10 Å². The molecule has 0 N–H and O–H groups in total. The number of quaternary nitrogens is 1. The standard InChI is InChI=1S/C30H40FN2O2.BrH/c1-32(27-16-8-15-26(29(27)31)24-13-6-3-7-14-24)30(34)35-28-22-33(20-17-25(28)18-21-33)19-9-12-23-10-4-2-5-11-23;/h2,4-5,8,10-11,15-16,24-25,28H,3,6-7,9,12-14,17-22H2,1H3;1H/q+1;/p-1/t25?,28-,33?;/m0./s1. The molecule has 3 heterocycles. The molecule has 0 radical (unpaired) electrons. The zero-order valence-corrected chi connectivity index (χ0v) is 23.1. The van der Waals surface area contributed by atoms with Crippen LogP contribution in [0.4, 0.5) is 14.9 Å². The maximum absolute atomic E-state index is 15.5. The lowest BCUT2D eigenvalue weighted by Crippen LogP contribution is -3.00. The summed E-state index contributed by atoms with van der Waals surface area (Å²) < 4.78 is 22.6. The molecule has 4 aliphatic rings. The normalized spacial score (nSPS) is 25.7. The first-order valence-electron chi connectivity index (χ1n) is 13.7. The largest absolute Gasteiger partial charge is 1.00 e. The minimum atomic E-state index is -0.425. The van der Waals surface area contributed by atoms with E-state index < -0.39 is 6.09 Å². The molecule has 36 heavy (non-hydrogen) atoms. The molecule has 2 aromatic carbocycles. The first kappa shape index (κ1) is 27.1. The summed E-state index contributed by atoms with van der Waals surface area (Å²) in [6.07, 6.45) is 9.56. The van der Waals surface area contributed by atoms with Crippen LogP contribution in [0.25, 0.3) is 0 Å². The second-order valence-corrected chi connectivity index (χ2v) is 11.1. The summed E-state index contributed by atoms with van der Waals surface area (Å²) >= 11 is 0. The van der Waals surface area contributed by atoms with E-state index in [2.05, 4.69) is 30.3 Å². The second kappa shape index (κ2) is 12.1. The Morgan fingerprint density at radius 3 is 2.44 bits per heavy atom. The van der Waals surface area contributed by atoms with E-state index in [-0.39, 0.29) is 34.8 Å². The molecule has 196 valence electrons. The molecule has 3 aliphatic heterocycles. The predicted molar refractivity (Wildman–Crippen MR) is 138 cm³/mol. The van der Waals surface area contributed by atoms with Gasteiger partial charge in [-0.05, 0) is 42.4 Å². The van der Waals surface area contributed by atoms with E-state index >= 15 is 4.39 Å². The van der Waals surface area contributed by atoms with Crippen LogP contribution in [0.3, 0.4) is 0 Å². The number of hydrogen-bond acceptors (Lipinski definition) is 2. The molecule has 0 unspecified atom stereocenters. The molecule has 2 aromatic rings. The quantitative estimate of drug-likeness (QED) is 0.485. The number of rotatable bonds is 7. The van der Waals surface area contributed by atoms with Crippen molar-refractivity contribution in [1.29, 1.82) is 0 Å². The van der Waals surface area contributed by atoms with E-state index in [4.69, 9.17) is 4.74 Å². The molecule has 4 fully saturated rings. The van der Waals surface area contributed by atoms with Crippen molar-refractivity contribution in [2.45, 2.75) is 69.8 Å². The number of fused-ring (bicyclic) bond motifs is 3. The van der Waals surface area contributed by atoms with Gasteiger partial charge in [-0.25, -0.2) is 9.18 Å². The van der Waals surface area contributed by atoms with Gasteiger partial charge in [0, 0.05) is 32.2 Å². The minimum Gasteiger partial charge on any atom is -1.00 e. The summed E-state index contributed by atoms with van der Waals surface area (Å²) in [5.74, 6) is 0.437. The highest BCUT2D eigenvalue weighted by atomic mass is 79.9. The van der Waals surface area contributed by atoms with Crippen LogP contribution in [0.15, 0.2) is 48.5 Å². The lowest BCUT2D eigenvalue weighted by Gasteiger charge is -2.52. The zero-order valence-electron chi connectivity index (χ0n) is 21.5. The van der Waals surface area contributed by atoms with Gasteiger partial charge < -0.3 is 26.2 Å². The maximum atomic E-state index is 15.5. The number of anilines is 1. The van der Waals surface area contributed by atoms with Crippen LogP contribution in [0.2, 0.25) is 0 Å². The third-order valence-corrected chi connectivity index (χ3v) is 8.92. The van der Waals surface area contributed by atoms with Gasteiger partial charge in [0.25, 0.3) is 0 Å². The topological polar surface area (TPSA) is 29.5 Å². The minimum absolute atomic E-state index is 0. The second-order valence-electron chi connectivity index (χ2n) is 11.1. The maximum Gasteiger partial charge on any atom is 0.414 e. The number of piperidine rings is 3. The molecular formula is C30H40BrFN2O2. The highest BCUT2D eigenvalue weighted by Gasteiger charge is 2.47. The van der Waals surface area contributed by atoms with Gasteiger partial charge in [-0.15, -0.1) is 0 Å². The molecule has 3 saturated heterocycles. The number of carbonyl (C=O) groups excluding carboxylic acids is 1. The fraction of sp³-hybridized carbons (Fsp3) is 0.567. The average molecular weight is 560 g/mol. The van der Waals surface area contributed by atoms with Crippen molar-refractivity contribution in [1.82, 2.24) is 0 Å². The number of nitrogens with zero attached hydrogens (tertiary/aromatic N) is 2. The Balaban J connectivity index is 0.00000304. The van der Waals surface area contributed by atoms with Crippen LogP contribution in [0, 0.1) is 11.7 Å². The zero-order chi connectivity index (χ0) is 24.3. The molecule has 1 amide bonds. The molecule has 1 saturated carbocycles. The van der Waals surface area contributed by atoms with Gasteiger partial charge in [-0.2, -0.15) is 0 Å². The van der Waals surface area contributed by atoms with Crippen LogP contribution in [0.5, 0.6) is 0 Å². The molecule has 1 atom stereocenters. The third kappa shape index (κ3) is 5.96. The molecular weight excluding hydrogens is 519 g/mol. The number of amides is 1. The number of aryl methyl sites for hydroxylation is 1. The van der Waals surface area contributed by atoms with Crippen molar-refractivity contribution < 1.29 is 35.4 Å². The SMILES string of the molecule is CN(C(=O)O[C@H]1C[N+]2(CCCc3ccccc3)CCC1CC2)c1cccc(C2CCCCC2)c1F.[Br-]. The van der Waals surface area contributed by atoms with Crippen LogP contribution < -0.4 is 21.9 Å². The van der Waals surface area contributed by atoms with E-state index in [1.54, 1.807) is 13.1 Å². The number of halogens is 2. The van der Waals surface area contributed by atoms with Gasteiger partial charge in [0.1, 0.15) is 12.4 Å². The Bertz CT molecular complexity index is 1000. The first-order valence-corrected chi connectivity index (χ1v) is 13.7. The molecule has 2 bridgehead atoms. The van der Waals surface area contributed by atoms with Crippen molar-refractivity contribution >= 4 is 11.8 Å². The van der Waals surface area contributed by atoms with Crippen LogP contribution in [-0.4, -0.2) is 49.9 Å².